The summed E-state index contributed by atoms with van der Waals surface area (Å²) in [4.78, 5) is 4.94. The van der Waals surface area contributed by atoms with E-state index in [1.807, 2.05) is 18.2 Å². The maximum absolute atomic E-state index is 11.7. The first-order valence-electron chi connectivity index (χ1n) is 15.8. The Morgan fingerprint density at radius 2 is 1.05 bits per heavy atom. The molecule has 0 heterocycles. The first-order chi connectivity index (χ1) is 19.4. The summed E-state index contributed by atoms with van der Waals surface area (Å²) in [6.45, 7) is 22.4. The monoisotopic (exact) mass is 548 g/mol. The highest BCUT2D eigenvalue weighted by atomic mass is 16.3. The van der Waals surface area contributed by atoms with Crippen molar-refractivity contribution < 1.29 is 10.2 Å². The molecule has 0 aliphatic heterocycles. The SMILES string of the molecule is C=CCc1cc(CN(CCCC)CCCC)c(O)c(-c2cc(CC=C)c(O)c(CN(CCCC)CCCC)c2)c1. The van der Waals surface area contributed by atoms with E-state index in [-0.39, 0.29) is 0 Å². The zero-order valence-electron chi connectivity index (χ0n) is 26.0. The van der Waals surface area contributed by atoms with Gasteiger partial charge in [-0.3, -0.25) is 9.80 Å². The van der Waals surface area contributed by atoms with Gasteiger partial charge in [-0.05, 0) is 99.6 Å². The van der Waals surface area contributed by atoms with Gasteiger partial charge >= 0.3 is 0 Å². The quantitative estimate of drug-likeness (QED) is 0.153. The molecule has 0 amide bonds. The van der Waals surface area contributed by atoms with Crippen molar-refractivity contribution in [2.45, 2.75) is 105 Å². The molecule has 2 N–H and O–H groups in total. The summed E-state index contributed by atoms with van der Waals surface area (Å²) in [5, 5.41) is 23.0. The molecule has 40 heavy (non-hydrogen) atoms. The summed E-state index contributed by atoms with van der Waals surface area (Å²) in [6.07, 6.45) is 14.3. The number of nitrogens with zero attached hydrogens (tertiary/aromatic N) is 2. The maximum atomic E-state index is 11.7. The molecule has 222 valence electrons. The van der Waals surface area contributed by atoms with Crippen molar-refractivity contribution in [3.8, 4) is 22.6 Å². The van der Waals surface area contributed by atoms with Crippen LogP contribution >= 0.6 is 0 Å². The second kappa shape index (κ2) is 18.7. The van der Waals surface area contributed by atoms with Gasteiger partial charge in [-0.1, -0.05) is 71.6 Å². The molecular formula is C36H56N2O2. The average Bonchev–Trinajstić information content (AvgIpc) is 2.95. The molecule has 0 spiro atoms. The third-order valence-electron chi connectivity index (χ3n) is 7.67. The van der Waals surface area contributed by atoms with Crippen molar-refractivity contribution in [3.63, 3.8) is 0 Å². The van der Waals surface area contributed by atoms with E-state index in [0.717, 1.165) is 124 Å². The first kappa shape index (κ1) is 33.6. The third kappa shape index (κ3) is 10.4. The molecular weight excluding hydrogens is 492 g/mol. The van der Waals surface area contributed by atoms with E-state index in [1.165, 1.54) is 0 Å². The van der Waals surface area contributed by atoms with Crippen LogP contribution < -0.4 is 0 Å². The molecule has 0 saturated heterocycles. The number of allylic oxidation sites excluding steroid dienone is 2. The van der Waals surface area contributed by atoms with Crippen molar-refractivity contribution in [2.24, 2.45) is 0 Å². The molecule has 0 aromatic heterocycles. The van der Waals surface area contributed by atoms with E-state index in [0.29, 0.717) is 24.5 Å². The lowest BCUT2D eigenvalue weighted by Crippen LogP contribution is -2.26. The number of hydrogen-bond donors (Lipinski definition) is 2. The summed E-state index contributed by atoms with van der Waals surface area (Å²) in [5.74, 6) is 0.703. The fourth-order valence-electron chi connectivity index (χ4n) is 5.28. The highest BCUT2D eigenvalue weighted by molar-refractivity contribution is 5.75. The fraction of sp³-hybridized carbons (Fsp3) is 0.556. The molecule has 0 bridgehead atoms. The van der Waals surface area contributed by atoms with Gasteiger partial charge in [0, 0.05) is 29.8 Å². The van der Waals surface area contributed by atoms with Gasteiger partial charge in [0.25, 0.3) is 0 Å². The predicted molar refractivity (Wildman–Crippen MR) is 173 cm³/mol. The molecule has 0 aliphatic rings. The molecule has 0 atom stereocenters. The van der Waals surface area contributed by atoms with Gasteiger partial charge in [0.05, 0.1) is 0 Å². The van der Waals surface area contributed by atoms with Crippen LogP contribution in [-0.4, -0.2) is 46.2 Å². The summed E-state index contributed by atoms with van der Waals surface area (Å²) in [7, 11) is 0. The van der Waals surface area contributed by atoms with Crippen LogP contribution in [0.25, 0.3) is 11.1 Å². The fourth-order valence-corrected chi connectivity index (χ4v) is 5.28. The predicted octanol–water partition coefficient (Wildman–Crippen LogP) is 9.03. The number of unbranched alkanes of at least 4 members (excludes halogenated alkanes) is 4. The van der Waals surface area contributed by atoms with E-state index in [1.54, 1.807) is 0 Å². The highest BCUT2D eigenvalue weighted by Crippen LogP contribution is 2.39. The molecule has 2 rings (SSSR count). The van der Waals surface area contributed by atoms with Crippen molar-refractivity contribution in [2.75, 3.05) is 26.2 Å². The Hall–Kier alpha value is -2.56. The Balaban J connectivity index is 2.59. The minimum atomic E-state index is 0.348. The molecule has 0 radical (unpaired) electrons. The largest absolute Gasteiger partial charge is 0.507 e. The molecule has 0 fully saturated rings. The van der Waals surface area contributed by atoms with Gasteiger partial charge in [-0.15, -0.1) is 13.2 Å². The number of phenols is 2. The molecule has 0 aliphatic carbocycles. The van der Waals surface area contributed by atoms with Gasteiger partial charge < -0.3 is 10.2 Å². The minimum Gasteiger partial charge on any atom is -0.507 e. The number of rotatable bonds is 21. The number of phenolic OH excluding ortho intramolecular Hbond substituents is 2. The third-order valence-corrected chi connectivity index (χ3v) is 7.67. The second-order valence-electron chi connectivity index (χ2n) is 11.2. The summed E-state index contributed by atoms with van der Waals surface area (Å²) in [5.41, 5.74) is 5.68. The van der Waals surface area contributed by atoms with Crippen LogP contribution in [0.15, 0.2) is 49.6 Å². The zero-order chi connectivity index (χ0) is 29.3. The lowest BCUT2D eigenvalue weighted by Gasteiger charge is -2.25. The Labute approximate surface area is 245 Å². The molecule has 2 aromatic carbocycles. The van der Waals surface area contributed by atoms with Crippen LogP contribution in [0.2, 0.25) is 0 Å². The second-order valence-corrected chi connectivity index (χ2v) is 11.2. The Bertz CT molecular complexity index is 1030. The average molecular weight is 549 g/mol. The van der Waals surface area contributed by atoms with Crippen LogP contribution in [0, 0.1) is 0 Å². The van der Waals surface area contributed by atoms with Gasteiger partial charge in [0.2, 0.25) is 0 Å². The number of benzene rings is 2. The van der Waals surface area contributed by atoms with Crippen LogP contribution in [0.5, 0.6) is 11.5 Å². The standard InChI is InChI=1S/C36H56N2O2/c1-7-13-19-37(20-14-8-2)27-32-23-29(17-11-5)24-34(36(32)40)31-25-30(18-12-6)35(39)33(26-31)28-38(21-15-9-3)22-16-10-4/h11-12,23-26,39-40H,5-10,13-22,27-28H2,1-4H3. The maximum Gasteiger partial charge on any atom is 0.127 e. The molecule has 0 saturated carbocycles. The van der Waals surface area contributed by atoms with Crippen molar-refractivity contribution >= 4 is 0 Å². The van der Waals surface area contributed by atoms with Crippen LogP contribution in [-0.2, 0) is 25.9 Å². The van der Waals surface area contributed by atoms with E-state index >= 15 is 0 Å². The van der Waals surface area contributed by atoms with Gasteiger partial charge in [-0.25, -0.2) is 0 Å². The van der Waals surface area contributed by atoms with Gasteiger partial charge in [-0.2, -0.15) is 0 Å². The lowest BCUT2D eigenvalue weighted by molar-refractivity contribution is 0.253. The topological polar surface area (TPSA) is 46.9 Å². The van der Waals surface area contributed by atoms with E-state index < -0.39 is 0 Å². The van der Waals surface area contributed by atoms with Crippen molar-refractivity contribution in [3.05, 3.63) is 71.8 Å². The zero-order valence-corrected chi connectivity index (χ0v) is 26.0. The summed E-state index contributed by atoms with van der Waals surface area (Å²) >= 11 is 0. The summed E-state index contributed by atoms with van der Waals surface area (Å²) < 4.78 is 0. The van der Waals surface area contributed by atoms with Crippen molar-refractivity contribution in [1.82, 2.24) is 9.80 Å². The van der Waals surface area contributed by atoms with Crippen LogP contribution in [0.1, 0.15) is 101 Å². The minimum absolute atomic E-state index is 0.348. The van der Waals surface area contributed by atoms with E-state index in [4.69, 9.17) is 0 Å². The Morgan fingerprint density at radius 3 is 1.50 bits per heavy atom. The van der Waals surface area contributed by atoms with Gasteiger partial charge in [0.15, 0.2) is 0 Å². The van der Waals surface area contributed by atoms with Crippen LogP contribution in [0.4, 0.5) is 0 Å². The summed E-state index contributed by atoms with van der Waals surface area (Å²) in [6, 6.07) is 8.37. The molecule has 4 nitrogen and oxygen atoms in total. The smallest absolute Gasteiger partial charge is 0.127 e. The Morgan fingerprint density at radius 1 is 0.600 bits per heavy atom. The van der Waals surface area contributed by atoms with E-state index in [9.17, 15) is 10.2 Å². The molecule has 0 unspecified atom stereocenters. The first-order valence-corrected chi connectivity index (χ1v) is 15.8. The van der Waals surface area contributed by atoms with Gasteiger partial charge in [0.1, 0.15) is 11.5 Å². The highest BCUT2D eigenvalue weighted by Gasteiger charge is 2.19. The normalized spacial score (nSPS) is 11.4. The molecule has 4 heteroatoms. The van der Waals surface area contributed by atoms with Crippen LogP contribution in [0.3, 0.4) is 0 Å². The van der Waals surface area contributed by atoms with Crippen molar-refractivity contribution in [1.29, 1.82) is 0 Å². The lowest BCUT2D eigenvalue weighted by atomic mass is 9.92. The number of aromatic hydroxyl groups is 2. The number of hydrogen-bond acceptors (Lipinski definition) is 4. The molecule has 2 aromatic rings. The Kier molecular flexibility index (Phi) is 15.7. The van der Waals surface area contributed by atoms with E-state index in [2.05, 4.69) is 68.9 Å².